The van der Waals surface area contributed by atoms with E-state index in [9.17, 15) is 22.6 Å². The summed E-state index contributed by atoms with van der Waals surface area (Å²) in [6.45, 7) is 2.01. The molecule has 9 heteroatoms. The lowest BCUT2D eigenvalue weighted by atomic mass is 9.92. The molecule has 2 aliphatic carbocycles. The predicted molar refractivity (Wildman–Crippen MR) is 120 cm³/mol. The van der Waals surface area contributed by atoms with E-state index in [0.717, 1.165) is 47.0 Å². The third-order valence-corrected chi connectivity index (χ3v) is 7.98. The molecule has 0 radical (unpaired) electrons. The zero-order valence-electron chi connectivity index (χ0n) is 18.1. The number of halogens is 3. The summed E-state index contributed by atoms with van der Waals surface area (Å²) in [5, 5.41) is 10.5. The van der Waals surface area contributed by atoms with Crippen LogP contribution < -0.4 is 4.72 Å². The number of pyridine rings is 1. The Kier molecular flexibility index (Phi) is 5.33. The van der Waals surface area contributed by atoms with Gasteiger partial charge in [-0.3, -0.25) is 4.98 Å². The Morgan fingerprint density at radius 2 is 2.03 bits per heavy atom. The SMILES string of the molecule is Cc1ccc2c(c1)c(CC#N)c(-c1ccc(S(=O)NC3(C(F)(F)F)CC3)cn1)n2C1CCC1. The number of hydrogen-bond donors (Lipinski definition) is 1. The number of benzene rings is 1. The number of alkyl halides is 3. The molecule has 5 rings (SSSR count). The number of nitrogens with zero attached hydrogens (tertiary/aromatic N) is 3. The van der Waals surface area contributed by atoms with Gasteiger partial charge in [-0.15, -0.1) is 0 Å². The summed E-state index contributed by atoms with van der Waals surface area (Å²) in [4.78, 5) is 4.69. The Bertz CT molecular complexity index is 1280. The first-order chi connectivity index (χ1) is 15.7. The van der Waals surface area contributed by atoms with Gasteiger partial charge in [-0.05, 0) is 63.3 Å². The Hall–Kier alpha value is -2.70. The minimum atomic E-state index is -4.44. The van der Waals surface area contributed by atoms with Gasteiger partial charge in [-0.2, -0.15) is 18.4 Å². The van der Waals surface area contributed by atoms with Gasteiger partial charge in [0.05, 0.1) is 28.8 Å². The summed E-state index contributed by atoms with van der Waals surface area (Å²) >= 11 is 0. The van der Waals surface area contributed by atoms with Gasteiger partial charge in [-0.1, -0.05) is 11.6 Å². The average molecular weight is 473 g/mol. The number of nitriles is 1. The van der Waals surface area contributed by atoms with E-state index >= 15 is 0 Å². The van der Waals surface area contributed by atoms with Gasteiger partial charge < -0.3 is 4.57 Å². The molecule has 33 heavy (non-hydrogen) atoms. The number of aryl methyl sites for hydroxylation is 1. The van der Waals surface area contributed by atoms with E-state index in [1.54, 1.807) is 12.1 Å². The van der Waals surface area contributed by atoms with Gasteiger partial charge in [0.25, 0.3) is 0 Å². The first-order valence-electron chi connectivity index (χ1n) is 11.0. The zero-order valence-corrected chi connectivity index (χ0v) is 18.9. The third-order valence-electron chi connectivity index (χ3n) is 6.73. The van der Waals surface area contributed by atoms with Crippen LogP contribution in [0.25, 0.3) is 22.3 Å². The zero-order chi connectivity index (χ0) is 23.4. The third kappa shape index (κ3) is 3.75. The molecule has 1 aromatic carbocycles. The Morgan fingerprint density at radius 3 is 2.58 bits per heavy atom. The highest BCUT2D eigenvalue weighted by molar-refractivity contribution is 7.83. The van der Waals surface area contributed by atoms with Crippen molar-refractivity contribution >= 4 is 21.9 Å². The number of rotatable bonds is 6. The lowest BCUT2D eigenvalue weighted by Crippen LogP contribution is -2.45. The fraction of sp³-hybridized carbons (Fsp3) is 0.417. The number of hydrogen-bond acceptors (Lipinski definition) is 3. The van der Waals surface area contributed by atoms with Crippen LogP contribution in [-0.2, 0) is 17.4 Å². The van der Waals surface area contributed by atoms with Crippen LogP contribution in [0.5, 0.6) is 0 Å². The Labute approximate surface area is 192 Å². The molecule has 0 aliphatic heterocycles. The summed E-state index contributed by atoms with van der Waals surface area (Å²) in [6, 6.07) is 12.0. The van der Waals surface area contributed by atoms with Gasteiger partial charge in [0.2, 0.25) is 0 Å². The van der Waals surface area contributed by atoms with E-state index in [2.05, 4.69) is 38.5 Å². The highest BCUT2D eigenvalue weighted by Crippen LogP contribution is 2.49. The smallest absolute Gasteiger partial charge is 0.336 e. The maximum Gasteiger partial charge on any atom is 0.407 e. The molecule has 2 heterocycles. The Morgan fingerprint density at radius 1 is 1.27 bits per heavy atom. The molecular weight excluding hydrogens is 449 g/mol. The van der Waals surface area contributed by atoms with Gasteiger partial charge in [0.1, 0.15) is 16.5 Å². The van der Waals surface area contributed by atoms with E-state index in [1.807, 2.05) is 6.92 Å². The summed E-state index contributed by atoms with van der Waals surface area (Å²) < 4.78 is 56.8. The predicted octanol–water partition coefficient (Wildman–Crippen LogP) is 5.51. The minimum Gasteiger partial charge on any atom is -0.336 e. The molecule has 1 unspecified atom stereocenters. The molecule has 0 spiro atoms. The first kappa shape index (κ1) is 22.1. The van der Waals surface area contributed by atoms with Crippen LogP contribution in [-0.4, -0.2) is 25.5 Å². The molecule has 3 aromatic rings. The van der Waals surface area contributed by atoms with Gasteiger partial charge in [0.15, 0.2) is 0 Å². The van der Waals surface area contributed by atoms with Crippen molar-refractivity contribution < 1.29 is 17.4 Å². The monoisotopic (exact) mass is 472 g/mol. The summed E-state index contributed by atoms with van der Waals surface area (Å²) in [5.41, 5.74) is 2.48. The summed E-state index contributed by atoms with van der Waals surface area (Å²) in [5.74, 6) is 0. The van der Waals surface area contributed by atoms with Crippen molar-refractivity contribution in [2.24, 2.45) is 0 Å². The lowest BCUT2D eigenvalue weighted by molar-refractivity contribution is -0.160. The van der Waals surface area contributed by atoms with Crippen molar-refractivity contribution in [3.05, 3.63) is 47.7 Å². The normalized spacial score (nSPS) is 18.6. The van der Waals surface area contributed by atoms with Crippen molar-refractivity contribution in [3.63, 3.8) is 0 Å². The lowest BCUT2D eigenvalue weighted by Gasteiger charge is -2.30. The number of nitrogens with one attached hydrogen (secondary N) is 1. The molecular formula is C24H23F3N4OS. The van der Waals surface area contributed by atoms with Gasteiger partial charge in [-0.25, -0.2) is 8.93 Å². The van der Waals surface area contributed by atoms with E-state index in [0.29, 0.717) is 11.7 Å². The topological polar surface area (TPSA) is 70.7 Å². The maximum absolute atomic E-state index is 13.2. The second-order valence-corrected chi connectivity index (χ2v) is 10.2. The fourth-order valence-corrected chi connectivity index (χ4v) is 5.62. The standard InChI is InChI=1S/C24H23F3N4OS/c1-15-5-8-21-19(13-15)18(9-12-28)22(31(21)16-3-2-4-16)20-7-6-17(14-29-20)33(32)30-23(10-11-23)24(25,26)27/h5-8,13-14,16,30H,2-4,9-11H2,1H3. The summed E-state index contributed by atoms with van der Waals surface area (Å²) in [6.07, 6.45) is 0.225. The van der Waals surface area contributed by atoms with Gasteiger partial charge in [0, 0.05) is 28.7 Å². The van der Waals surface area contributed by atoms with Crippen molar-refractivity contribution in [1.82, 2.24) is 14.3 Å². The molecule has 2 fully saturated rings. The first-order valence-corrected chi connectivity index (χ1v) is 12.1. The second kappa shape index (κ2) is 7.96. The molecule has 1 N–H and O–H groups in total. The van der Waals surface area contributed by atoms with Crippen LogP contribution in [0.15, 0.2) is 41.4 Å². The van der Waals surface area contributed by atoms with Crippen LogP contribution in [0.1, 0.15) is 49.3 Å². The largest absolute Gasteiger partial charge is 0.407 e. The van der Waals surface area contributed by atoms with Crippen LogP contribution >= 0.6 is 0 Å². The minimum absolute atomic E-state index is 0.0772. The molecule has 0 saturated heterocycles. The second-order valence-electron chi connectivity index (χ2n) is 8.97. The molecule has 2 saturated carbocycles. The van der Waals surface area contributed by atoms with Crippen molar-refractivity contribution in [1.29, 1.82) is 5.26 Å². The van der Waals surface area contributed by atoms with Crippen molar-refractivity contribution in [2.75, 3.05) is 0 Å². The molecule has 2 aliphatic rings. The highest BCUT2D eigenvalue weighted by Gasteiger charge is 2.64. The number of aromatic nitrogens is 2. The van der Waals surface area contributed by atoms with Crippen molar-refractivity contribution in [3.8, 4) is 17.5 Å². The highest BCUT2D eigenvalue weighted by atomic mass is 32.2. The molecule has 2 aromatic heterocycles. The fourth-order valence-electron chi connectivity index (χ4n) is 4.49. The van der Waals surface area contributed by atoms with E-state index in [1.165, 1.54) is 6.20 Å². The van der Waals surface area contributed by atoms with E-state index in [4.69, 9.17) is 0 Å². The molecule has 5 nitrogen and oxygen atoms in total. The number of fused-ring (bicyclic) bond motifs is 1. The molecule has 0 amide bonds. The van der Waals surface area contributed by atoms with Crippen LogP contribution in [0.4, 0.5) is 13.2 Å². The summed E-state index contributed by atoms with van der Waals surface area (Å²) in [7, 11) is -2.02. The average Bonchev–Trinajstić information content (AvgIpc) is 3.47. The van der Waals surface area contributed by atoms with Crippen LogP contribution in [0, 0.1) is 18.3 Å². The Balaban J connectivity index is 1.55. The van der Waals surface area contributed by atoms with Crippen LogP contribution in [0.3, 0.4) is 0 Å². The van der Waals surface area contributed by atoms with Crippen molar-refractivity contribution in [2.45, 2.75) is 68.1 Å². The molecule has 0 bridgehead atoms. The molecule has 172 valence electrons. The quantitative estimate of drug-likeness (QED) is 0.514. The van der Waals surface area contributed by atoms with Gasteiger partial charge >= 0.3 is 6.18 Å². The maximum atomic E-state index is 13.2. The van der Waals surface area contributed by atoms with Crippen LogP contribution in [0.2, 0.25) is 0 Å². The van der Waals surface area contributed by atoms with E-state index in [-0.39, 0.29) is 24.2 Å². The molecule has 1 atom stereocenters. The van der Waals surface area contributed by atoms with E-state index < -0.39 is 22.7 Å².